The molecule has 3 N–H and O–H groups in total. The first-order valence-corrected chi connectivity index (χ1v) is 4.51. The van der Waals surface area contributed by atoms with E-state index in [-0.39, 0.29) is 0 Å². The number of rotatable bonds is 3. The van der Waals surface area contributed by atoms with Gasteiger partial charge in [0.1, 0.15) is 11.6 Å². The number of carbonyl (C=O) groups is 2. The number of aliphatic carboxylic acids is 1. The van der Waals surface area contributed by atoms with Crippen molar-refractivity contribution in [2.75, 3.05) is 5.73 Å². The molecule has 5 nitrogen and oxygen atoms in total. The summed E-state index contributed by atoms with van der Waals surface area (Å²) in [6.07, 6.45) is -1.46. The Morgan fingerprint density at radius 2 is 1.94 bits per heavy atom. The Kier molecular flexibility index (Phi) is 3.62. The molecule has 0 heterocycles. The first-order chi connectivity index (χ1) is 7.82. The fourth-order valence-electron chi connectivity index (χ4n) is 0.993. The fraction of sp³-hybridized carbons (Fsp3) is 0.200. The molecule has 0 aliphatic heterocycles. The molecule has 0 saturated carbocycles. The summed E-state index contributed by atoms with van der Waals surface area (Å²) in [5.41, 5.74) is 3.92. The Balaban J connectivity index is 2.97. The third kappa shape index (κ3) is 2.90. The van der Waals surface area contributed by atoms with Crippen molar-refractivity contribution in [1.29, 1.82) is 0 Å². The van der Waals surface area contributed by atoms with Crippen molar-refractivity contribution in [2.45, 2.75) is 13.0 Å². The molecule has 0 aromatic heterocycles. The zero-order valence-electron chi connectivity index (χ0n) is 8.74. The Hall–Kier alpha value is -2.18. The standard InChI is InChI=1S/C10H9F2NO4/c1-4(9(14)15)17-10(16)5-2-7(12)8(13)3-6(5)11/h2-4H,13H2,1H3,(H,14,15). The predicted molar refractivity (Wildman–Crippen MR) is 53.3 cm³/mol. The maximum atomic E-state index is 13.2. The van der Waals surface area contributed by atoms with Crippen LogP contribution in [0.2, 0.25) is 0 Å². The van der Waals surface area contributed by atoms with Gasteiger partial charge in [0.2, 0.25) is 0 Å². The van der Waals surface area contributed by atoms with Crippen LogP contribution in [0.5, 0.6) is 0 Å². The van der Waals surface area contributed by atoms with Gasteiger partial charge in [-0.3, -0.25) is 0 Å². The Labute approximate surface area is 94.8 Å². The maximum Gasteiger partial charge on any atom is 0.344 e. The van der Waals surface area contributed by atoms with Gasteiger partial charge in [-0.1, -0.05) is 0 Å². The lowest BCUT2D eigenvalue weighted by Gasteiger charge is -2.09. The molecule has 0 spiro atoms. The van der Waals surface area contributed by atoms with Crippen molar-refractivity contribution in [3.63, 3.8) is 0 Å². The van der Waals surface area contributed by atoms with Crippen LogP contribution in [-0.4, -0.2) is 23.1 Å². The average molecular weight is 245 g/mol. The number of halogens is 2. The molecule has 1 unspecified atom stereocenters. The number of hydrogen-bond acceptors (Lipinski definition) is 4. The van der Waals surface area contributed by atoms with E-state index >= 15 is 0 Å². The topological polar surface area (TPSA) is 89.6 Å². The number of ether oxygens (including phenoxy) is 1. The number of anilines is 1. The van der Waals surface area contributed by atoms with Crippen LogP contribution in [0.25, 0.3) is 0 Å². The van der Waals surface area contributed by atoms with Crippen molar-refractivity contribution >= 4 is 17.6 Å². The average Bonchev–Trinajstić information content (AvgIpc) is 2.22. The maximum absolute atomic E-state index is 13.2. The number of carbonyl (C=O) groups excluding carboxylic acids is 1. The molecule has 92 valence electrons. The molecule has 0 radical (unpaired) electrons. The summed E-state index contributed by atoms with van der Waals surface area (Å²) < 4.78 is 30.6. The quantitative estimate of drug-likeness (QED) is 0.616. The van der Waals surface area contributed by atoms with E-state index in [1.54, 1.807) is 0 Å². The molecular weight excluding hydrogens is 236 g/mol. The summed E-state index contributed by atoms with van der Waals surface area (Å²) in [6.45, 7) is 1.09. The Bertz CT molecular complexity index is 476. The van der Waals surface area contributed by atoms with Crippen molar-refractivity contribution in [3.05, 3.63) is 29.3 Å². The highest BCUT2D eigenvalue weighted by Crippen LogP contribution is 2.17. The number of carboxylic acid groups (broad SMARTS) is 1. The second kappa shape index (κ2) is 4.77. The summed E-state index contributed by atoms with van der Waals surface area (Å²) >= 11 is 0. The first-order valence-electron chi connectivity index (χ1n) is 4.51. The lowest BCUT2D eigenvalue weighted by molar-refractivity contribution is -0.146. The van der Waals surface area contributed by atoms with Gasteiger partial charge in [-0.2, -0.15) is 0 Å². The van der Waals surface area contributed by atoms with Gasteiger partial charge in [-0.25, -0.2) is 18.4 Å². The monoisotopic (exact) mass is 245 g/mol. The zero-order valence-corrected chi connectivity index (χ0v) is 8.74. The van der Waals surface area contributed by atoms with Crippen LogP contribution >= 0.6 is 0 Å². The van der Waals surface area contributed by atoms with E-state index in [1.807, 2.05) is 0 Å². The molecule has 0 bridgehead atoms. The van der Waals surface area contributed by atoms with Crippen molar-refractivity contribution in [3.8, 4) is 0 Å². The zero-order chi connectivity index (χ0) is 13.2. The lowest BCUT2D eigenvalue weighted by Crippen LogP contribution is -2.24. The van der Waals surface area contributed by atoms with Crippen LogP contribution in [-0.2, 0) is 9.53 Å². The van der Waals surface area contributed by atoms with Gasteiger partial charge in [0.15, 0.2) is 6.10 Å². The van der Waals surface area contributed by atoms with Gasteiger partial charge >= 0.3 is 11.9 Å². The van der Waals surface area contributed by atoms with Crippen LogP contribution in [0.4, 0.5) is 14.5 Å². The molecule has 17 heavy (non-hydrogen) atoms. The molecule has 0 saturated heterocycles. The molecule has 7 heteroatoms. The number of carboxylic acids is 1. The highest BCUT2D eigenvalue weighted by molar-refractivity contribution is 5.91. The summed E-state index contributed by atoms with van der Waals surface area (Å²) in [7, 11) is 0. The summed E-state index contributed by atoms with van der Waals surface area (Å²) in [5.74, 6) is -4.72. The van der Waals surface area contributed by atoms with Crippen LogP contribution < -0.4 is 5.73 Å². The minimum absolute atomic E-state index is 0.453. The number of benzene rings is 1. The minimum atomic E-state index is -1.46. The van der Waals surface area contributed by atoms with Gasteiger partial charge < -0.3 is 15.6 Å². The predicted octanol–water partition coefficient (Wildman–Crippen LogP) is 1.18. The summed E-state index contributed by atoms with van der Waals surface area (Å²) in [5, 5.41) is 8.48. The molecule has 1 atom stereocenters. The number of nitrogen functional groups attached to an aromatic ring is 1. The van der Waals surface area contributed by atoms with Crippen LogP contribution in [0.3, 0.4) is 0 Å². The van der Waals surface area contributed by atoms with Gasteiger partial charge in [0.05, 0.1) is 11.3 Å². The highest BCUT2D eigenvalue weighted by Gasteiger charge is 2.21. The summed E-state index contributed by atoms with van der Waals surface area (Å²) in [6, 6.07) is 1.18. The van der Waals surface area contributed by atoms with Crippen molar-refractivity contribution in [2.24, 2.45) is 0 Å². The Morgan fingerprint density at radius 3 is 2.47 bits per heavy atom. The normalized spacial score (nSPS) is 11.9. The highest BCUT2D eigenvalue weighted by atomic mass is 19.1. The van der Waals surface area contributed by atoms with Crippen molar-refractivity contribution in [1.82, 2.24) is 0 Å². The van der Waals surface area contributed by atoms with E-state index in [1.165, 1.54) is 0 Å². The second-order valence-electron chi connectivity index (χ2n) is 3.24. The molecule has 0 fully saturated rings. The van der Waals surface area contributed by atoms with E-state index in [0.29, 0.717) is 12.1 Å². The summed E-state index contributed by atoms with van der Waals surface area (Å²) in [4.78, 5) is 21.7. The van der Waals surface area contributed by atoms with Crippen molar-refractivity contribution < 1.29 is 28.2 Å². The SMILES string of the molecule is CC(OC(=O)c1cc(F)c(N)cc1F)C(=O)O. The van der Waals surface area contributed by atoms with E-state index in [2.05, 4.69) is 4.74 Å². The molecule has 1 rings (SSSR count). The van der Waals surface area contributed by atoms with Crippen LogP contribution in [0.1, 0.15) is 17.3 Å². The minimum Gasteiger partial charge on any atom is -0.479 e. The van der Waals surface area contributed by atoms with Crippen LogP contribution in [0, 0.1) is 11.6 Å². The van der Waals surface area contributed by atoms with Gasteiger partial charge in [-0.15, -0.1) is 0 Å². The molecule has 0 aliphatic carbocycles. The molecule has 1 aromatic rings. The smallest absolute Gasteiger partial charge is 0.344 e. The van der Waals surface area contributed by atoms with Gasteiger partial charge in [0, 0.05) is 6.07 Å². The van der Waals surface area contributed by atoms with Gasteiger partial charge in [0.25, 0.3) is 0 Å². The van der Waals surface area contributed by atoms with E-state index in [9.17, 15) is 18.4 Å². The Morgan fingerprint density at radius 1 is 1.35 bits per heavy atom. The molecule has 0 amide bonds. The van der Waals surface area contributed by atoms with Crippen LogP contribution in [0.15, 0.2) is 12.1 Å². The second-order valence-corrected chi connectivity index (χ2v) is 3.24. The number of nitrogens with two attached hydrogens (primary N) is 1. The lowest BCUT2D eigenvalue weighted by atomic mass is 10.2. The molecular formula is C10H9F2NO4. The third-order valence-corrected chi connectivity index (χ3v) is 1.94. The van der Waals surface area contributed by atoms with E-state index in [0.717, 1.165) is 6.92 Å². The molecule has 1 aromatic carbocycles. The third-order valence-electron chi connectivity index (χ3n) is 1.94. The number of hydrogen-bond donors (Lipinski definition) is 2. The first kappa shape index (κ1) is 12.9. The molecule has 0 aliphatic rings. The van der Waals surface area contributed by atoms with E-state index < -0.39 is 40.9 Å². The van der Waals surface area contributed by atoms with Gasteiger partial charge in [-0.05, 0) is 13.0 Å². The van der Waals surface area contributed by atoms with E-state index in [4.69, 9.17) is 10.8 Å². The number of esters is 1. The largest absolute Gasteiger partial charge is 0.479 e. The fourth-order valence-corrected chi connectivity index (χ4v) is 0.993.